The molecule has 1 saturated heterocycles. The number of anilines is 1. The molecule has 1 aromatic heterocycles. The summed E-state index contributed by atoms with van der Waals surface area (Å²) in [7, 11) is 0. The molecule has 2 heterocycles. The summed E-state index contributed by atoms with van der Waals surface area (Å²) < 4.78 is 17.6. The minimum Gasteiger partial charge on any atom is -0.490 e. The number of terminal acetylenes is 1. The van der Waals surface area contributed by atoms with E-state index in [1.54, 1.807) is 12.1 Å². The van der Waals surface area contributed by atoms with Crippen molar-refractivity contribution in [3.8, 4) is 18.1 Å². The number of hydrogen-bond acceptors (Lipinski definition) is 14. The average molecular weight is 739 g/mol. The van der Waals surface area contributed by atoms with Crippen LogP contribution >= 0.6 is 0 Å². The lowest BCUT2D eigenvalue weighted by Gasteiger charge is -2.34. The van der Waals surface area contributed by atoms with Crippen LogP contribution in [0.4, 0.5) is 5.82 Å². The number of primary amides is 1. The highest BCUT2D eigenvalue weighted by atomic mass is 16.6. The van der Waals surface area contributed by atoms with Gasteiger partial charge in [0, 0.05) is 6.20 Å². The zero-order valence-corrected chi connectivity index (χ0v) is 28.4. The molecular weight excluding hydrogens is 696 g/mol. The SMILES string of the molecule is C#C[C@]1(O)[C@@H](O)[C@H](n2ccc(N)nc2=O)O[C@@]1(COc1ccc(C[C@H](N)C(=O)OCCCCc2ccccc2)cc1)C(N)=O.N[C@@H](CC(=O)O)C(=O)O. The summed E-state index contributed by atoms with van der Waals surface area (Å²) in [6.07, 6.45) is 5.25. The number of benzene rings is 2. The van der Waals surface area contributed by atoms with Crippen LogP contribution in [-0.4, -0.2) is 96.4 Å². The summed E-state index contributed by atoms with van der Waals surface area (Å²) in [6.45, 7) is -0.442. The molecular formula is C35H42N6O12. The van der Waals surface area contributed by atoms with Crippen LogP contribution in [0.2, 0.25) is 0 Å². The number of hydrogen-bond donors (Lipinski definition) is 8. The summed E-state index contributed by atoms with van der Waals surface area (Å²) in [4.78, 5) is 60.6. The number of carboxylic acid groups (broad SMARTS) is 2. The number of aliphatic carboxylic acids is 2. The Labute approximate surface area is 303 Å². The fourth-order valence-corrected chi connectivity index (χ4v) is 5.17. The minimum absolute atomic E-state index is 0.0914. The second kappa shape index (κ2) is 18.6. The van der Waals surface area contributed by atoms with Crippen LogP contribution in [-0.2, 0) is 41.5 Å². The maximum Gasteiger partial charge on any atom is 0.351 e. The van der Waals surface area contributed by atoms with Crippen molar-refractivity contribution in [2.24, 2.45) is 17.2 Å². The van der Waals surface area contributed by atoms with Crippen LogP contribution in [0.3, 0.4) is 0 Å². The number of ether oxygens (including phenoxy) is 3. The Bertz CT molecular complexity index is 1830. The molecule has 3 aromatic rings. The van der Waals surface area contributed by atoms with Gasteiger partial charge in [0.1, 0.15) is 36.4 Å². The summed E-state index contributed by atoms with van der Waals surface area (Å²) in [5, 5.41) is 38.1. The molecule has 0 saturated carbocycles. The van der Waals surface area contributed by atoms with Gasteiger partial charge in [-0.25, -0.2) is 4.79 Å². The normalized spacial score (nSPS) is 21.6. The van der Waals surface area contributed by atoms with Crippen LogP contribution in [0.25, 0.3) is 0 Å². The highest BCUT2D eigenvalue weighted by Gasteiger charge is 2.69. The Kier molecular flexibility index (Phi) is 14.6. The Morgan fingerprint density at radius 3 is 2.21 bits per heavy atom. The number of carbonyl (C=O) groups is 4. The number of esters is 1. The monoisotopic (exact) mass is 738 g/mol. The van der Waals surface area contributed by atoms with Gasteiger partial charge in [0.25, 0.3) is 5.91 Å². The summed E-state index contributed by atoms with van der Waals surface area (Å²) in [5.74, 6) is -2.14. The van der Waals surface area contributed by atoms with E-state index in [4.69, 9.17) is 53.8 Å². The number of nitrogen functional groups attached to an aromatic ring is 1. The van der Waals surface area contributed by atoms with Crippen LogP contribution < -0.4 is 33.4 Å². The molecule has 53 heavy (non-hydrogen) atoms. The second-order valence-corrected chi connectivity index (χ2v) is 12.0. The quantitative estimate of drug-likeness (QED) is 0.0480. The molecule has 284 valence electrons. The number of unbranched alkanes of at least 4 members (excludes halogenated alkanes) is 1. The fourth-order valence-electron chi connectivity index (χ4n) is 5.17. The van der Waals surface area contributed by atoms with Gasteiger partial charge < -0.3 is 57.6 Å². The molecule has 0 aliphatic carbocycles. The first-order chi connectivity index (χ1) is 25.0. The van der Waals surface area contributed by atoms with Crippen LogP contribution in [0.15, 0.2) is 71.7 Å². The first-order valence-electron chi connectivity index (χ1n) is 16.1. The van der Waals surface area contributed by atoms with Gasteiger partial charge in [0.2, 0.25) is 5.60 Å². The van der Waals surface area contributed by atoms with E-state index in [1.165, 1.54) is 30.0 Å². The van der Waals surface area contributed by atoms with E-state index in [2.05, 4.69) is 17.1 Å². The lowest BCUT2D eigenvalue weighted by atomic mass is 9.81. The molecule has 1 fully saturated rings. The van der Waals surface area contributed by atoms with Gasteiger partial charge in [-0.3, -0.25) is 23.7 Å². The van der Waals surface area contributed by atoms with Crippen LogP contribution in [0, 0.1) is 12.3 Å². The van der Waals surface area contributed by atoms with Crippen molar-refractivity contribution in [2.75, 3.05) is 18.9 Å². The molecule has 1 aliphatic rings. The number of aliphatic hydroxyl groups is 2. The van der Waals surface area contributed by atoms with Crippen molar-refractivity contribution >= 4 is 29.6 Å². The molecule has 18 nitrogen and oxygen atoms in total. The van der Waals surface area contributed by atoms with Crippen molar-refractivity contribution in [3.05, 3.63) is 88.5 Å². The Morgan fingerprint density at radius 1 is 1.00 bits per heavy atom. The van der Waals surface area contributed by atoms with Gasteiger partial charge in [-0.05, 0) is 55.0 Å². The highest BCUT2D eigenvalue weighted by Crippen LogP contribution is 2.44. The maximum absolute atomic E-state index is 12.7. The van der Waals surface area contributed by atoms with Gasteiger partial charge in [-0.15, -0.1) is 6.42 Å². The largest absolute Gasteiger partial charge is 0.490 e. The number of aliphatic hydroxyl groups excluding tert-OH is 1. The third-order valence-corrected chi connectivity index (χ3v) is 8.16. The first-order valence-corrected chi connectivity index (χ1v) is 16.1. The zero-order chi connectivity index (χ0) is 39.3. The van der Waals surface area contributed by atoms with E-state index >= 15 is 0 Å². The van der Waals surface area contributed by atoms with Crippen molar-refractivity contribution in [3.63, 3.8) is 0 Å². The predicted molar refractivity (Wildman–Crippen MR) is 187 cm³/mol. The summed E-state index contributed by atoms with van der Waals surface area (Å²) >= 11 is 0. The van der Waals surface area contributed by atoms with E-state index in [-0.39, 0.29) is 24.6 Å². The number of aryl methyl sites for hydroxylation is 1. The predicted octanol–water partition coefficient (Wildman–Crippen LogP) is -1.31. The number of carbonyl (C=O) groups excluding carboxylic acids is 2. The number of carboxylic acids is 2. The van der Waals surface area contributed by atoms with E-state index in [9.17, 15) is 34.2 Å². The lowest BCUT2D eigenvalue weighted by molar-refractivity contribution is -0.169. The maximum atomic E-state index is 12.7. The van der Waals surface area contributed by atoms with Gasteiger partial charge >= 0.3 is 23.6 Å². The smallest absolute Gasteiger partial charge is 0.351 e. The van der Waals surface area contributed by atoms with Crippen molar-refractivity contribution < 1.29 is 53.8 Å². The molecule has 1 amide bonds. The molecule has 0 spiro atoms. The molecule has 2 aromatic carbocycles. The van der Waals surface area contributed by atoms with E-state index in [0.29, 0.717) is 5.56 Å². The van der Waals surface area contributed by atoms with E-state index < -0.39 is 78.2 Å². The number of aromatic nitrogens is 2. The molecule has 18 heteroatoms. The number of rotatable bonds is 16. The first kappa shape index (κ1) is 41.6. The van der Waals surface area contributed by atoms with Crippen molar-refractivity contribution in [2.45, 2.75) is 67.7 Å². The summed E-state index contributed by atoms with van der Waals surface area (Å²) in [6, 6.07) is 15.5. The second-order valence-electron chi connectivity index (χ2n) is 12.0. The standard InChI is InChI=1S/C31H35N5O8.C4H7NO4/c1-2-30(41)25(37)26(36-16-15-24(33)35-29(36)40)44-31(30,28(34)39)19-43-22-13-11-21(12-14-22)18-23(32)27(38)42-17-7-6-10-20-8-4-3-5-9-20;5-2(4(8)9)1-3(6)7/h1,3-5,8-9,11-16,23,25-26,37,41H,6-7,10,17-19,32H2,(H2,34,39)(H2,33,35,40);2H,1,5H2,(H,6,7)(H,8,9)/t23-,25-,26+,30-,31-;2-/m00/s1. The highest BCUT2D eigenvalue weighted by molar-refractivity contribution is 5.87. The molecule has 12 N–H and O–H groups in total. The Hall–Kier alpha value is -5.84. The van der Waals surface area contributed by atoms with Crippen molar-refractivity contribution in [1.82, 2.24) is 9.55 Å². The number of nitrogens with zero attached hydrogens (tertiary/aromatic N) is 2. The van der Waals surface area contributed by atoms with E-state index in [1.807, 2.05) is 24.1 Å². The number of nitrogens with two attached hydrogens (primary N) is 4. The Balaban J connectivity index is 0.000000743. The molecule has 4 rings (SSSR count). The van der Waals surface area contributed by atoms with Crippen LogP contribution in [0.1, 0.15) is 36.6 Å². The van der Waals surface area contributed by atoms with Gasteiger partial charge in [-0.1, -0.05) is 48.4 Å². The molecule has 0 bridgehead atoms. The molecule has 1 aliphatic heterocycles. The van der Waals surface area contributed by atoms with E-state index in [0.717, 1.165) is 23.8 Å². The average Bonchev–Trinajstić information content (AvgIpc) is 3.34. The van der Waals surface area contributed by atoms with Gasteiger partial charge in [0.05, 0.1) is 13.0 Å². The molecule has 0 unspecified atom stereocenters. The summed E-state index contributed by atoms with van der Waals surface area (Å²) in [5.41, 5.74) is 17.9. The fraction of sp³-hybridized carbons (Fsp3) is 0.371. The third-order valence-electron chi connectivity index (χ3n) is 8.16. The zero-order valence-electron chi connectivity index (χ0n) is 28.4. The molecule has 0 radical (unpaired) electrons. The van der Waals surface area contributed by atoms with Gasteiger partial charge in [0.15, 0.2) is 11.8 Å². The number of amides is 1. The third kappa shape index (κ3) is 10.6. The molecule has 6 atom stereocenters. The van der Waals surface area contributed by atoms with Gasteiger partial charge in [-0.2, -0.15) is 4.98 Å². The Morgan fingerprint density at radius 2 is 1.66 bits per heavy atom. The van der Waals surface area contributed by atoms with Crippen molar-refractivity contribution in [1.29, 1.82) is 0 Å². The lowest BCUT2D eigenvalue weighted by Crippen LogP contribution is -2.65. The minimum atomic E-state index is -2.68. The van der Waals surface area contributed by atoms with Crippen LogP contribution in [0.5, 0.6) is 5.75 Å². The topological polar surface area (TPSA) is 316 Å².